The molecular weight excluding hydrogens is 424 g/mol. The molecule has 0 aliphatic carbocycles. The van der Waals surface area contributed by atoms with Crippen molar-refractivity contribution in [3.8, 4) is 11.5 Å². The SMILES string of the molecule is COc1ccc(NC(=O)COC(=O)c2ccc(OC)c(Br)c2)c([N+](=O)[O-])c1. The van der Waals surface area contributed by atoms with E-state index >= 15 is 0 Å². The van der Waals surface area contributed by atoms with Crippen LogP contribution in [0.5, 0.6) is 11.5 Å². The maximum atomic E-state index is 12.0. The van der Waals surface area contributed by atoms with Crippen LogP contribution in [0.1, 0.15) is 10.4 Å². The fourth-order valence-electron chi connectivity index (χ4n) is 2.09. The van der Waals surface area contributed by atoms with Gasteiger partial charge in [0.05, 0.1) is 35.2 Å². The predicted molar refractivity (Wildman–Crippen MR) is 99.3 cm³/mol. The lowest BCUT2D eigenvalue weighted by atomic mass is 10.2. The van der Waals surface area contributed by atoms with Crippen LogP contribution in [0, 0.1) is 10.1 Å². The summed E-state index contributed by atoms with van der Waals surface area (Å²) in [7, 11) is 2.86. The summed E-state index contributed by atoms with van der Waals surface area (Å²) in [5.41, 5.74) is -0.159. The van der Waals surface area contributed by atoms with E-state index in [1.54, 1.807) is 6.07 Å². The fraction of sp³-hybridized carbons (Fsp3) is 0.176. The Morgan fingerprint density at radius 3 is 2.48 bits per heavy atom. The van der Waals surface area contributed by atoms with Crippen molar-refractivity contribution in [3.63, 3.8) is 0 Å². The minimum absolute atomic E-state index is 0.0333. The number of hydrogen-bond acceptors (Lipinski definition) is 7. The maximum absolute atomic E-state index is 12.0. The average molecular weight is 439 g/mol. The van der Waals surface area contributed by atoms with Crippen LogP contribution >= 0.6 is 15.9 Å². The smallest absolute Gasteiger partial charge is 0.338 e. The molecule has 0 heterocycles. The number of nitro benzene ring substituents is 1. The number of esters is 1. The molecule has 2 aromatic carbocycles. The molecular formula is C17H15BrN2O7. The van der Waals surface area contributed by atoms with Gasteiger partial charge in [0.1, 0.15) is 17.2 Å². The van der Waals surface area contributed by atoms with Gasteiger partial charge in [0, 0.05) is 0 Å². The van der Waals surface area contributed by atoms with Gasteiger partial charge >= 0.3 is 5.97 Å². The van der Waals surface area contributed by atoms with Crippen molar-refractivity contribution in [1.82, 2.24) is 0 Å². The van der Waals surface area contributed by atoms with E-state index in [9.17, 15) is 19.7 Å². The first-order valence-corrected chi connectivity index (χ1v) is 8.28. The van der Waals surface area contributed by atoms with Gasteiger partial charge in [-0.2, -0.15) is 0 Å². The zero-order valence-electron chi connectivity index (χ0n) is 14.4. The highest BCUT2D eigenvalue weighted by molar-refractivity contribution is 9.10. The van der Waals surface area contributed by atoms with Crippen molar-refractivity contribution in [2.75, 3.05) is 26.1 Å². The average Bonchev–Trinajstić information content (AvgIpc) is 2.66. The minimum Gasteiger partial charge on any atom is -0.496 e. The third-order valence-corrected chi connectivity index (χ3v) is 4.02. The Morgan fingerprint density at radius 2 is 1.89 bits per heavy atom. The third kappa shape index (κ3) is 5.17. The number of ether oxygens (including phenoxy) is 3. The molecule has 0 fully saturated rings. The van der Waals surface area contributed by atoms with Crippen molar-refractivity contribution in [1.29, 1.82) is 0 Å². The second-order valence-corrected chi connectivity index (χ2v) is 5.97. The lowest BCUT2D eigenvalue weighted by molar-refractivity contribution is -0.384. The minimum atomic E-state index is -0.724. The summed E-state index contributed by atoms with van der Waals surface area (Å²) in [5.74, 6) is -0.630. The van der Waals surface area contributed by atoms with Crippen LogP contribution in [0.2, 0.25) is 0 Å². The van der Waals surface area contributed by atoms with Gasteiger partial charge in [0.15, 0.2) is 6.61 Å². The summed E-state index contributed by atoms with van der Waals surface area (Å²) < 4.78 is 15.5. The van der Waals surface area contributed by atoms with E-state index < -0.39 is 23.4 Å². The number of nitrogens with one attached hydrogen (secondary N) is 1. The highest BCUT2D eigenvalue weighted by Gasteiger charge is 2.18. The molecule has 0 aliphatic heterocycles. The van der Waals surface area contributed by atoms with Gasteiger partial charge in [-0.3, -0.25) is 14.9 Å². The van der Waals surface area contributed by atoms with Gasteiger partial charge in [0.25, 0.3) is 11.6 Å². The van der Waals surface area contributed by atoms with Gasteiger partial charge in [-0.25, -0.2) is 4.79 Å². The van der Waals surface area contributed by atoms with Crippen LogP contribution in [-0.2, 0) is 9.53 Å². The van der Waals surface area contributed by atoms with E-state index in [-0.39, 0.29) is 22.7 Å². The molecule has 0 aliphatic rings. The molecule has 0 bridgehead atoms. The van der Waals surface area contributed by atoms with E-state index in [4.69, 9.17) is 14.2 Å². The second-order valence-electron chi connectivity index (χ2n) is 5.11. The van der Waals surface area contributed by atoms with Crippen LogP contribution in [0.4, 0.5) is 11.4 Å². The predicted octanol–water partition coefficient (Wildman–Crippen LogP) is 3.17. The lowest BCUT2D eigenvalue weighted by Crippen LogP contribution is -2.21. The van der Waals surface area contributed by atoms with Crippen molar-refractivity contribution in [3.05, 3.63) is 56.5 Å². The van der Waals surface area contributed by atoms with Crippen molar-refractivity contribution in [2.24, 2.45) is 0 Å². The van der Waals surface area contributed by atoms with Gasteiger partial charge in [-0.1, -0.05) is 0 Å². The Hall–Kier alpha value is -3.14. The molecule has 1 N–H and O–H groups in total. The van der Waals surface area contributed by atoms with E-state index in [0.29, 0.717) is 10.2 Å². The van der Waals surface area contributed by atoms with Gasteiger partial charge < -0.3 is 19.5 Å². The van der Waals surface area contributed by atoms with Crippen LogP contribution in [-0.4, -0.2) is 37.6 Å². The monoisotopic (exact) mass is 438 g/mol. The summed E-state index contributed by atoms with van der Waals surface area (Å²) in [5, 5.41) is 13.4. The number of carbonyl (C=O) groups is 2. The largest absolute Gasteiger partial charge is 0.496 e. The summed E-state index contributed by atoms with van der Waals surface area (Å²) in [6.07, 6.45) is 0. The first-order valence-electron chi connectivity index (χ1n) is 7.48. The number of rotatable bonds is 7. The number of methoxy groups -OCH3 is 2. The van der Waals surface area contributed by atoms with Crippen molar-refractivity contribution < 1.29 is 28.7 Å². The topological polar surface area (TPSA) is 117 Å². The summed E-state index contributed by atoms with van der Waals surface area (Å²) >= 11 is 3.25. The number of amides is 1. The molecule has 0 atom stereocenters. The van der Waals surface area contributed by atoms with Crippen LogP contribution in [0.3, 0.4) is 0 Å². The molecule has 2 rings (SSSR count). The van der Waals surface area contributed by atoms with Gasteiger partial charge in [-0.15, -0.1) is 0 Å². The van der Waals surface area contributed by atoms with Gasteiger partial charge in [0.2, 0.25) is 0 Å². The Morgan fingerprint density at radius 1 is 1.15 bits per heavy atom. The Balaban J connectivity index is 2.01. The molecule has 0 aromatic heterocycles. The zero-order chi connectivity index (χ0) is 20.0. The van der Waals surface area contributed by atoms with E-state index in [2.05, 4.69) is 21.2 Å². The number of hydrogen-bond donors (Lipinski definition) is 1. The number of nitro groups is 1. The molecule has 142 valence electrons. The van der Waals surface area contributed by atoms with E-state index in [1.807, 2.05) is 0 Å². The highest BCUT2D eigenvalue weighted by atomic mass is 79.9. The molecule has 10 heteroatoms. The second kappa shape index (κ2) is 8.99. The Kier molecular flexibility index (Phi) is 6.72. The van der Waals surface area contributed by atoms with E-state index in [1.165, 1.54) is 44.6 Å². The van der Waals surface area contributed by atoms with Crippen molar-refractivity contribution >= 4 is 39.2 Å². The Bertz CT molecular complexity index is 886. The standard InChI is InChI=1S/C17H15BrN2O7/c1-25-11-4-5-13(14(8-11)20(23)24)19-16(21)9-27-17(22)10-3-6-15(26-2)12(18)7-10/h3-8H,9H2,1-2H3,(H,19,21). The molecule has 2 aromatic rings. The molecule has 1 amide bonds. The van der Waals surface area contributed by atoms with Gasteiger partial charge in [-0.05, 0) is 46.3 Å². The Labute approximate surface area is 162 Å². The summed E-state index contributed by atoms with van der Waals surface area (Å²) in [6, 6.07) is 8.52. The molecule has 9 nitrogen and oxygen atoms in total. The van der Waals surface area contributed by atoms with E-state index in [0.717, 1.165) is 0 Å². The molecule has 0 saturated carbocycles. The zero-order valence-corrected chi connectivity index (χ0v) is 15.9. The number of benzene rings is 2. The van der Waals surface area contributed by atoms with Crippen LogP contribution in [0.25, 0.3) is 0 Å². The lowest BCUT2D eigenvalue weighted by Gasteiger charge is -2.09. The quantitative estimate of drug-likeness (QED) is 0.400. The maximum Gasteiger partial charge on any atom is 0.338 e. The van der Waals surface area contributed by atoms with Crippen LogP contribution < -0.4 is 14.8 Å². The van der Waals surface area contributed by atoms with Crippen LogP contribution in [0.15, 0.2) is 40.9 Å². The summed E-state index contributed by atoms with van der Waals surface area (Å²) in [4.78, 5) is 34.4. The third-order valence-electron chi connectivity index (χ3n) is 3.40. The first kappa shape index (κ1) is 20.2. The highest BCUT2D eigenvalue weighted by Crippen LogP contribution is 2.29. The van der Waals surface area contributed by atoms with Crippen molar-refractivity contribution in [2.45, 2.75) is 0 Å². The number of nitrogens with zero attached hydrogens (tertiary/aromatic N) is 1. The molecule has 0 radical (unpaired) electrons. The fourth-order valence-corrected chi connectivity index (χ4v) is 2.63. The number of anilines is 1. The first-order chi connectivity index (χ1) is 12.8. The molecule has 0 unspecified atom stereocenters. The molecule has 27 heavy (non-hydrogen) atoms. The molecule has 0 spiro atoms. The normalized spacial score (nSPS) is 10.0. The number of halogens is 1. The number of carbonyl (C=O) groups excluding carboxylic acids is 2. The molecule has 0 saturated heterocycles. The summed E-state index contributed by atoms with van der Waals surface area (Å²) in [6.45, 7) is -0.605.